The van der Waals surface area contributed by atoms with Crippen LogP contribution in [0.1, 0.15) is 22.5 Å². The molecular weight excluding hydrogens is 339 g/mol. The van der Waals surface area contributed by atoms with Crippen molar-refractivity contribution < 1.29 is 22.4 Å². The Balaban J connectivity index is 2.04. The van der Waals surface area contributed by atoms with Gasteiger partial charge in [0.15, 0.2) is 5.76 Å². The van der Waals surface area contributed by atoms with E-state index in [-0.39, 0.29) is 23.0 Å². The highest BCUT2D eigenvalue weighted by Crippen LogP contribution is 2.32. The quantitative estimate of drug-likeness (QED) is 0.627. The van der Waals surface area contributed by atoms with Crippen molar-refractivity contribution in [3.8, 4) is 11.3 Å². The molecule has 0 fully saturated rings. The number of benzene rings is 1. The minimum Gasteiger partial charge on any atom is -0.451 e. The van der Waals surface area contributed by atoms with Crippen LogP contribution < -0.4 is 5.32 Å². The molecule has 0 aliphatic heterocycles. The number of amides is 1. The van der Waals surface area contributed by atoms with Gasteiger partial charge in [0.05, 0.1) is 18.1 Å². The van der Waals surface area contributed by atoms with E-state index in [0.717, 1.165) is 24.3 Å². The van der Waals surface area contributed by atoms with Gasteiger partial charge in [0.1, 0.15) is 11.5 Å². The number of alkyl halides is 3. The van der Waals surface area contributed by atoms with Gasteiger partial charge in [-0.15, -0.1) is 0 Å². The molecule has 7 heteroatoms. The second-order valence-corrected chi connectivity index (χ2v) is 7.92. The largest absolute Gasteiger partial charge is 0.451 e. The van der Waals surface area contributed by atoms with Crippen molar-refractivity contribution in [1.29, 1.82) is 0 Å². The predicted octanol–water partition coefficient (Wildman–Crippen LogP) is 3.96. The zero-order valence-electron chi connectivity index (χ0n) is 13.4. The summed E-state index contributed by atoms with van der Waals surface area (Å²) in [6, 6.07) is 7.79. The van der Waals surface area contributed by atoms with Gasteiger partial charge < -0.3 is 9.73 Å². The second kappa shape index (κ2) is 7.79. The minimum atomic E-state index is -4.42. The van der Waals surface area contributed by atoms with Gasteiger partial charge in [-0.2, -0.15) is 13.2 Å². The monoisotopic (exact) mass is 358 g/mol. The molecule has 2 aromatic rings. The third kappa shape index (κ3) is 5.06. The van der Waals surface area contributed by atoms with E-state index in [1.807, 2.05) is 0 Å². The Kier molecular flexibility index (Phi) is 5.99. The third-order valence-electron chi connectivity index (χ3n) is 3.32. The maximum Gasteiger partial charge on any atom is 0.416 e. The molecule has 1 heterocycles. The van der Waals surface area contributed by atoms with Crippen molar-refractivity contribution in [2.24, 2.45) is 0 Å². The fourth-order valence-electron chi connectivity index (χ4n) is 2.11. The fourth-order valence-corrected chi connectivity index (χ4v) is 2.84. The SMILES string of the molecule is C[S+](C)CCCNC(=O)c1ccc(-c2cccc(C(F)(F)F)c2)o1. The molecule has 1 amide bonds. The molecule has 0 aliphatic carbocycles. The van der Waals surface area contributed by atoms with Gasteiger partial charge >= 0.3 is 6.18 Å². The van der Waals surface area contributed by atoms with Crippen molar-refractivity contribution in [2.75, 3.05) is 24.8 Å². The smallest absolute Gasteiger partial charge is 0.416 e. The van der Waals surface area contributed by atoms with Crippen LogP contribution in [0.5, 0.6) is 0 Å². The van der Waals surface area contributed by atoms with Gasteiger partial charge in [-0.25, -0.2) is 0 Å². The molecule has 0 atom stereocenters. The van der Waals surface area contributed by atoms with Crippen LogP contribution in [0.15, 0.2) is 40.8 Å². The normalized spacial score (nSPS) is 11.8. The molecule has 24 heavy (non-hydrogen) atoms. The molecule has 0 radical (unpaired) electrons. The van der Waals surface area contributed by atoms with Crippen molar-refractivity contribution >= 4 is 16.8 Å². The molecule has 0 saturated heterocycles. The maximum atomic E-state index is 12.8. The minimum absolute atomic E-state index is 0.0920. The lowest BCUT2D eigenvalue weighted by atomic mass is 10.1. The molecule has 0 spiro atoms. The zero-order chi connectivity index (χ0) is 17.7. The molecule has 130 valence electrons. The highest BCUT2D eigenvalue weighted by Gasteiger charge is 2.30. The number of rotatable bonds is 6. The van der Waals surface area contributed by atoms with Crippen molar-refractivity contribution in [1.82, 2.24) is 5.32 Å². The number of halogens is 3. The summed E-state index contributed by atoms with van der Waals surface area (Å²) in [4.78, 5) is 12.0. The topological polar surface area (TPSA) is 42.2 Å². The van der Waals surface area contributed by atoms with E-state index in [4.69, 9.17) is 4.42 Å². The number of hydrogen-bond donors (Lipinski definition) is 1. The summed E-state index contributed by atoms with van der Waals surface area (Å²) in [6.45, 7) is 0.545. The van der Waals surface area contributed by atoms with Crippen molar-refractivity contribution in [3.05, 3.63) is 47.7 Å². The summed E-state index contributed by atoms with van der Waals surface area (Å²) >= 11 is 0. The number of carbonyl (C=O) groups is 1. The highest BCUT2D eigenvalue weighted by atomic mass is 32.2. The summed E-state index contributed by atoms with van der Waals surface area (Å²) < 4.78 is 43.7. The van der Waals surface area contributed by atoms with E-state index >= 15 is 0 Å². The molecule has 0 unspecified atom stereocenters. The van der Waals surface area contributed by atoms with Crippen LogP contribution in [0, 0.1) is 0 Å². The Labute approximate surface area is 141 Å². The molecule has 0 aliphatic rings. The summed E-state index contributed by atoms with van der Waals surface area (Å²) in [5.41, 5.74) is -0.471. The van der Waals surface area contributed by atoms with E-state index in [1.54, 1.807) is 0 Å². The van der Waals surface area contributed by atoms with Crippen molar-refractivity contribution in [2.45, 2.75) is 12.6 Å². The van der Waals surface area contributed by atoms with Gasteiger partial charge in [-0.3, -0.25) is 4.79 Å². The van der Waals surface area contributed by atoms with Crippen LogP contribution in [-0.2, 0) is 17.1 Å². The Bertz CT molecular complexity index is 695. The molecule has 0 saturated carbocycles. The van der Waals surface area contributed by atoms with E-state index in [9.17, 15) is 18.0 Å². The fraction of sp³-hybridized carbons (Fsp3) is 0.353. The van der Waals surface area contributed by atoms with E-state index < -0.39 is 11.7 Å². The molecular formula is C17H19F3NO2S+. The third-order valence-corrected chi connectivity index (χ3v) is 4.42. The Morgan fingerprint density at radius 2 is 1.96 bits per heavy atom. The molecule has 1 aromatic carbocycles. The van der Waals surface area contributed by atoms with Crippen LogP contribution in [0.25, 0.3) is 11.3 Å². The van der Waals surface area contributed by atoms with Crippen LogP contribution >= 0.6 is 0 Å². The standard InChI is InChI=1S/C17H18F3NO2S/c1-24(2)10-4-9-21-16(22)15-8-7-14(23-15)12-5-3-6-13(11-12)17(18,19)20/h3,5-8,11H,4,9-10H2,1-2H3/p+1. The first-order valence-electron chi connectivity index (χ1n) is 7.37. The second-order valence-electron chi connectivity index (χ2n) is 5.54. The zero-order valence-corrected chi connectivity index (χ0v) is 14.3. The Morgan fingerprint density at radius 3 is 2.62 bits per heavy atom. The van der Waals surface area contributed by atoms with Gasteiger partial charge in [-0.05, 0) is 35.2 Å². The molecule has 3 nitrogen and oxygen atoms in total. The van der Waals surface area contributed by atoms with Gasteiger partial charge in [0, 0.05) is 18.5 Å². The number of hydrogen-bond acceptors (Lipinski definition) is 2. The van der Waals surface area contributed by atoms with E-state index in [1.165, 1.54) is 24.3 Å². The Morgan fingerprint density at radius 1 is 1.21 bits per heavy atom. The molecule has 1 aromatic heterocycles. The van der Waals surface area contributed by atoms with Gasteiger partial charge in [0.2, 0.25) is 0 Å². The molecule has 2 rings (SSSR count). The lowest BCUT2D eigenvalue weighted by Crippen LogP contribution is -2.25. The first-order chi connectivity index (χ1) is 11.3. The van der Waals surface area contributed by atoms with Crippen LogP contribution in [0.3, 0.4) is 0 Å². The van der Waals surface area contributed by atoms with E-state index in [0.29, 0.717) is 17.4 Å². The average Bonchev–Trinajstić information content (AvgIpc) is 3.00. The Hall–Kier alpha value is -1.89. The lowest BCUT2D eigenvalue weighted by Gasteiger charge is -2.07. The number of carbonyl (C=O) groups excluding carboxylic acids is 1. The summed E-state index contributed by atoms with van der Waals surface area (Å²) in [5, 5.41) is 2.75. The molecule has 1 N–H and O–H groups in total. The van der Waals surface area contributed by atoms with E-state index in [2.05, 4.69) is 17.8 Å². The highest BCUT2D eigenvalue weighted by molar-refractivity contribution is 7.95. The van der Waals surface area contributed by atoms with Gasteiger partial charge in [0.25, 0.3) is 5.91 Å². The lowest BCUT2D eigenvalue weighted by molar-refractivity contribution is -0.137. The summed E-state index contributed by atoms with van der Waals surface area (Å²) in [7, 11) is 0.328. The first kappa shape index (κ1) is 18.4. The maximum absolute atomic E-state index is 12.8. The summed E-state index contributed by atoms with van der Waals surface area (Å²) in [6.07, 6.45) is 0.730. The summed E-state index contributed by atoms with van der Waals surface area (Å²) in [5.74, 6) is 0.998. The molecule has 0 bridgehead atoms. The van der Waals surface area contributed by atoms with Crippen molar-refractivity contribution in [3.63, 3.8) is 0 Å². The number of nitrogens with one attached hydrogen (secondary N) is 1. The van der Waals surface area contributed by atoms with Crippen LogP contribution in [0.4, 0.5) is 13.2 Å². The predicted molar refractivity (Wildman–Crippen MR) is 90.2 cm³/mol. The van der Waals surface area contributed by atoms with Crippen LogP contribution in [-0.4, -0.2) is 30.7 Å². The van der Waals surface area contributed by atoms with Crippen LogP contribution in [0.2, 0.25) is 0 Å². The number of furan rings is 1. The first-order valence-corrected chi connectivity index (χ1v) is 9.58. The average molecular weight is 358 g/mol. The van der Waals surface area contributed by atoms with Gasteiger partial charge in [-0.1, -0.05) is 12.1 Å².